The van der Waals surface area contributed by atoms with Crippen molar-refractivity contribution in [2.24, 2.45) is 4.99 Å². The summed E-state index contributed by atoms with van der Waals surface area (Å²) in [5.74, 6) is 1.45. The first-order valence-corrected chi connectivity index (χ1v) is 7.24. The molecule has 1 heterocycles. The van der Waals surface area contributed by atoms with Crippen molar-refractivity contribution >= 4 is 22.6 Å². The highest BCUT2D eigenvalue weighted by molar-refractivity contribution is 8.14. The molecule has 0 saturated carbocycles. The molecule has 19 heavy (non-hydrogen) atoms. The number of rotatable bonds is 3. The zero-order valence-corrected chi connectivity index (χ0v) is 12.6. The Morgan fingerprint density at radius 2 is 1.95 bits per heavy atom. The van der Waals surface area contributed by atoms with Crippen LogP contribution < -0.4 is 14.8 Å². The van der Waals surface area contributed by atoms with E-state index in [0.717, 1.165) is 28.8 Å². The molecule has 4 nitrogen and oxygen atoms in total. The van der Waals surface area contributed by atoms with Gasteiger partial charge in [0.25, 0.3) is 0 Å². The van der Waals surface area contributed by atoms with Crippen LogP contribution >= 0.6 is 11.8 Å². The van der Waals surface area contributed by atoms with Crippen molar-refractivity contribution in [2.45, 2.75) is 31.6 Å². The fraction of sp³-hybridized carbons (Fsp3) is 0.500. The van der Waals surface area contributed by atoms with Crippen LogP contribution in [0.3, 0.4) is 0 Å². The third-order valence-corrected chi connectivity index (χ3v) is 3.98. The minimum atomic E-state index is 0.374. The Labute approximate surface area is 118 Å². The maximum atomic E-state index is 5.30. The maximum Gasteiger partial charge on any atom is 0.162 e. The summed E-state index contributed by atoms with van der Waals surface area (Å²) >= 11 is 1.78. The quantitative estimate of drug-likeness (QED) is 0.921. The Bertz CT molecular complexity index is 477. The first-order valence-electron chi connectivity index (χ1n) is 6.36. The van der Waals surface area contributed by atoms with Gasteiger partial charge in [-0.2, -0.15) is 0 Å². The molecular formula is C14H20N2O2S. The second-order valence-corrected chi connectivity index (χ2v) is 6.07. The topological polar surface area (TPSA) is 42.8 Å². The number of thioether (sulfide) groups is 1. The molecule has 0 bridgehead atoms. The van der Waals surface area contributed by atoms with E-state index in [1.54, 1.807) is 26.0 Å². The molecule has 1 aromatic rings. The van der Waals surface area contributed by atoms with Gasteiger partial charge in [0.1, 0.15) is 0 Å². The van der Waals surface area contributed by atoms with E-state index in [4.69, 9.17) is 9.47 Å². The Kier molecular flexibility index (Phi) is 4.58. The predicted octanol–water partition coefficient (Wildman–Crippen LogP) is 3.39. The monoisotopic (exact) mass is 280 g/mol. The number of anilines is 1. The molecule has 104 valence electrons. The third-order valence-electron chi connectivity index (χ3n) is 2.96. The standard InChI is InChI=1S/C14H20N2O2S/c1-9-7-10(2)19-14(15-9)16-11-5-6-12(17-3)13(8-11)18-4/h5-6,8-10H,7H2,1-4H3,(H,15,16). The van der Waals surface area contributed by atoms with Crippen LogP contribution in [0.25, 0.3) is 0 Å². The fourth-order valence-electron chi connectivity index (χ4n) is 2.10. The van der Waals surface area contributed by atoms with Crippen LogP contribution in [0.1, 0.15) is 20.3 Å². The molecule has 1 aromatic carbocycles. The van der Waals surface area contributed by atoms with Crippen LogP contribution in [-0.4, -0.2) is 30.7 Å². The van der Waals surface area contributed by atoms with Gasteiger partial charge in [-0.05, 0) is 25.5 Å². The maximum absolute atomic E-state index is 5.30. The third kappa shape index (κ3) is 3.56. The van der Waals surface area contributed by atoms with Gasteiger partial charge in [-0.15, -0.1) is 0 Å². The summed E-state index contributed by atoms with van der Waals surface area (Å²) < 4.78 is 10.5. The van der Waals surface area contributed by atoms with E-state index in [9.17, 15) is 0 Å². The summed E-state index contributed by atoms with van der Waals surface area (Å²) in [6.45, 7) is 4.37. The second kappa shape index (κ2) is 6.19. The van der Waals surface area contributed by atoms with E-state index in [1.807, 2.05) is 18.2 Å². The molecule has 0 saturated heterocycles. The minimum Gasteiger partial charge on any atom is -0.493 e. The lowest BCUT2D eigenvalue weighted by molar-refractivity contribution is 0.355. The lowest BCUT2D eigenvalue weighted by atomic mass is 10.2. The number of hydrogen-bond acceptors (Lipinski definition) is 5. The molecule has 0 aliphatic carbocycles. The summed E-state index contributed by atoms with van der Waals surface area (Å²) in [7, 11) is 3.27. The lowest BCUT2D eigenvalue weighted by Crippen LogP contribution is -2.22. The number of benzene rings is 1. The number of ether oxygens (including phenoxy) is 2. The van der Waals surface area contributed by atoms with Gasteiger partial charge in [0, 0.05) is 17.0 Å². The molecule has 0 fully saturated rings. The van der Waals surface area contributed by atoms with Gasteiger partial charge >= 0.3 is 0 Å². The Morgan fingerprint density at radius 3 is 2.58 bits per heavy atom. The largest absolute Gasteiger partial charge is 0.493 e. The van der Waals surface area contributed by atoms with Crippen molar-refractivity contribution in [3.8, 4) is 11.5 Å². The van der Waals surface area contributed by atoms with Crippen molar-refractivity contribution < 1.29 is 9.47 Å². The van der Waals surface area contributed by atoms with Gasteiger partial charge in [-0.3, -0.25) is 4.99 Å². The van der Waals surface area contributed by atoms with Gasteiger partial charge < -0.3 is 14.8 Å². The molecule has 0 spiro atoms. The van der Waals surface area contributed by atoms with Gasteiger partial charge in [0.15, 0.2) is 16.7 Å². The zero-order valence-electron chi connectivity index (χ0n) is 11.8. The van der Waals surface area contributed by atoms with E-state index in [-0.39, 0.29) is 0 Å². The predicted molar refractivity (Wildman–Crippen MR) is 81.7 cm³/mol. The Balaban J connectivity index is 2.15. The van der Waals surface area contributed by atoms with Crippen LogP contribution in [0.15, 0.2) is 23.2 Å². The summed E-state index contributed by atoms with van der Waals surface area (Å²) in [5, 5.41) is 4.91. The van der Waals surface area contributed by atoms with Crippen molar-refractivity contribution in [1.29, 1.82) is 0 Å². The fourth-order valence-corrected chi connectivity index (χ4v) is 3.27. The minimum absolute atomic E-state index is 0.374. The summed E-state index contributed by atoms with van der Waals surface area (Å²) in [6.07, 6.45) is 1.13. The summed E-state index contributed by atoms with van der Waals surface area (Å²) in [6, 6.07) is 6.15. The van der Waals surface area contributed by atoms with Crippen LogP contribution in [0.2, 0.25) is 0 Å². The van der Waals surface area contributed by atoms with Crippen LogP contribution in [0, 0.1) is 0 Å². The van der Waals surface area contributed by atoms with E-state index in [2.05, 4.69) is 24.2 Å². The first kappa shape index (κ1) is 14.1. The van der Waals surface area contributed by atoms with E-state index in [0.29, 0.717) is 11.3 Å². The normalized spacial score (nSPS) is 22.6. The number of nitrogens with zero attached hydrogens (tertiary/aromatic N) is 1. The van der Waals surface area contributed by atoms with E-state index < -0.39 is 0 Å². The second-order valence-electron chi connectivity index (χ2n) is 4.64. The molecule has 0 aromatic heterocycles. The number of nitrogens with one attached hydrogen (secondary N) is 1. The number of amidine groups is 1. The van der Waals surface area contributed by atoms with Crippen molar-refractivity contribution in [3.05, 3.63) is 18.2 Å². The van der Waals surface area contributed by atoms with Crippen molar-refractivity contribution in [1.82, 2.24) is 0 Å². The molecule has 5 heteroatoms. The molecule has 0 radical (unpaired) electrons. The molecule has 1 N–H and O–H groups in total. The Hall–Kier alpha value is -1.36. The van der Waals surface area contributed by atoms with E-state index >= 15 is 0 Å². The average molecular weight is 280 g/mol. The first-order chi connectivity index (χ1) is 9.12. The van der Waals surface area contributed by atoms with Crippen LogP contribution in [-0.2, 0) is 0 Å². The van der Waals surface area contributed by atoms with E-state index in [1.165, 1.54) is 0 Å². The molecule has 2 unspecified atom stereocenters. The number of aliphatic imine (C=N–C) groups is 1. The zero-order chi connectivity index (χ0) is 13.8. The van der Waals surface area contributed by atoms with Crippen molar-refractivity contribution in [3.63, 3.8) is 0 Å². The van der Waals surface area contributed by atoms with Crippen LogP contribution in [0.4, 0.5) is 5.69 Å². The van der Waals surface area contributed by atoms with Gasteiger partial charge in [0.2, 0.25) is 0 Å². The molecule has 0 amide bonds. The summed E-state index contributed by atoms with van der Waals surface area (Å²) in [5.41, 5.74) is 0.963. The molecule has 1 aliphatic rings. The van der Waals surface area contributed by atoms with Crippen LogP contribution in [0.5, 0.6) is 11.5 Å². The molecule has 2 rings (SSSR count). The molecule has 1 aliphatic heterocycles. The Morgan fingerprint density at radius 1 is 1.21 bits per heavy atom. The number of hydrogen-bond donors (Lipinski definition) is 1. The molecular weight excluding hydrogens is 260 g/mol. The van der Waals surface area contributed by atoms with Gasteiger partial charge in [-0.1, -0.05) is 18.7 Å². The van der Waals surface area contributed by atoms with Crippen molar-refractivity contribution in [2.75, 3.05) is 19.5 Å². The average Bonchev–Trinajstić information content (AvgIpc) is 2.37. The van der Waals surface area contributed by atoms with Gasteiger partial charge in [-0.25, -0.2) is 0 Å². The highest BCUT2D eigenvalue weighted by Crippen LogP contribution is 2.31. The lowest BCUT2D eigenvalue weighted by Gasteiger charge is -2.23. The summed E-state index contributed by atoms with van der Waals surface area (Å²) in [4.78, 5) is 4.62. The smallest absolute Gasteiger partial charge is 0.162 e. The highest BCUT2D eigenvalue weighted by atomic mass is 32.2. The number of methoxy groups -OCH3 is 2. The van der Waals surface area contributed by atoms with Gasteiger partial charge in [0.05, 0.1) is 20.3 Å². The SMILES string of the molecule is COc1ccc(NC2=NC(C)CC(C)S2)cc1OC. The molecule has 2 atom stereocenters. The highest BCUT2D eigenvalue weighted by Gasteiger charge is 2.18.